The number of likely N-dealkylation sites (tertiary alicyclic amines) is 1. The monoisotopic (exact) mass is 391 g/mol. The van der Waals surface area contributed by atoms with Crippen molar-refractivity contribution in [2.75, 3.05) is 6.54 Å². The fourth-order valence-electron chi connectivity index (χ4n) is 4.11. The number of carbonyl (C=O) groups is 1. The van der Waals surface area contributed by atoms with Crippen LogP contribution in [-0.2, 0) is 17.9 Å². The van der Waals surface area contributed by atoms with Crippen molar-refractivity contribution in [2.24, 2.45) is 0 Å². The maximum Gasteiger partial charge on any atom is 0.242 e. The largest absolute Gasteiger partial charge is 0.485 e. The van der Waals surface area contributed by atoms with Gasteiger partial charge in [-0.15, -0.1) is 0 Å². The van der Waals surface area contributed by atoms with Gasteiger partial charge in [0.15, 0.2) is 0 Å². The van der Waals surface area contributed by atoms with Crippen LogP contribution in [0.3, 0.4) is 0 Å². The molecule has 152 valence electrons. The summed E-state index contributed by atoms with van der Waals surface area (Å²) >= 11 is 0. The highest BCUT2D eigenvalue weighted by Crippen LogP contribution is 2.23. The number of hydrogen-bond donors (Lipinski definition) is 0. The van der Waals surface area contributed by atoms with E-state index >= 15 is 0 Å². The third kappa shape index (κ3) is 4.14. The minimum atomic E-state index is 0.160. The molecule has 1 amide bonds. The van der Waals surface area contributed by atoms with Gasteiger partial charge in [0.1, 0.15) is 24.7 Å². The van der Waals surface area contributed by atoms with Crippen molar-refractivity contribution in [1.29, 1.82) is 0 Å². The second-order valence-corrected chi connectivity index (χ2v) is 8.09. The third-order valence-electron chi connectivity index (χ3n) is 5.85. The standard InChI is InChI=1S/C24H29N3O2/c1-17-11-12-18(2)22(14-17)29-16-23-25-20-9-4-5-10-21(20)27(23)15-24(28)26-13-7-6-8-19(26)3/h4-5,9-12,14,19H,6-8,13,15-16H2,1-3H3. The molecule has 3 aromatic rings. The molecule has 1 unspecified atom stereocenters. The Bertz CT molecular complexity index is 1020. The number of nitrogens with zero attached hydrogens (tertiary/aromatic N) is 3. The molecule has 2 aromatic carbocycles. The maximum absolute atomic E-state index is 13.1. The summed E-state index contributed by atoms with van der Waals surface area (Å²) in [6.07, 6.45) is 3.37. The van der Waals surface area contributed by atoms with E-state index in [2.05, 4.69) is 26.0 Å². The Balaban J connectivity index is 1.60. The lowest BCUT2D eigenvalue weighted by Crippen LogP contribution is -2.43. The molecule has 1 fully saturated rings. The van der Waals surface area contributed by atoms with Crippen molar-refractivity contribution >= 4 is 16.9 Å². The van der Waals surface area contributed by atoms with E-state index in [1.165, 1.54) is 6.42 Å². The van der Waals surface area contributed by atoms with Gasteiger partial charge >= 0.3 is 0 Å². The number of aryl methyl sites for hydroxylation is 2. The number of rotatable bonds is 5. The minimum absolute atomic E-state index is 0.160. The zero-order chi connectivity index (χ0) is 20.4. The van der Waals surface area contributed by atoms with Gasteiger partial charge in [0, 0.05) is 12.6 Å². The molecule has 0 aliphatic carbocycles. The molecule has 29 heavy (non-hydrogen) atoms. The summed E-state index contributed by atoms with van der Waals surface area (Å²) in [5, 5.41) is 0. The lowest BCUT2D eigenvalue weighted by Gasteiger charge is -2.33. The molecule has 1 aliphatic rings. The smallest absolute Gasteiger partial charge is 0.242 e. The van der Waals surface area contributed by atoms with Gasteiger partial charge in [-0.3, -0.25) is 4.79 Å². The molecule has 5 heteroatoms. The second-order valence-electron chi connectivity index (χ2n) is 8.09. The second kappa shape index (κ2) is 8.27. The molecule has 1 saturated heterocycles. The van der Waals surface area contributed by atoms with Crippen LogP contribution in [0.25, 0.3) is 11.0 Å². The van der Waals surface area contributed by atoms with Crippen LogP contribution in [0, 0.1) is 13.8 Å². The van der Waals surface area contributed by atoms with Gasteiger partial charge in [-0.2, -0.15) is 0 Å². The normalized spacial score (nSPS) is 16.9. The highest BCUT2D eigenvalue weighted by atomic mass is 16.5. The highest BCUT2D eigenvalue weighted by Gasteiger charge is 2.24. The van der Waals surface area contributed by atoms with E-state index < -0.39 is 0 Å². The van der Waals surface area contributed by atoms with Crippen LogP contribution in [0.5, 0.6) is 5.75 Å². The van der Waals surface area contributed by atoms with Crippen molar-refractivity contribution in [3.05, 3.63) is 59.4 Å². The van der Waals surface area contributed by atoms with E-state index in [0.717, 1.165) is 53.1 Å². The summed E-state index contributed by atoms with van der Waals surface area (Å²) in [6, 6.07) is 14.5. The van der Waals surface area contributed by atoms with Crippen LogP contribution in [0.1, 0.15) is 43.1 Å². The number of para-hydroxylation sites is 2. The molecular weight excluding hydrogens is 362 g/mol. The molecule has 1 aliphatic heterocycles. The topological polar surface area (TPSA) is 47.4 Å². The first-order chi connectivity index (χ1) is 14.0. The third-order valence-corrected chi connectivity index (χ3v) is 5.85. The van der Waals surface area contributed by atoms with Crippen LogP contribution in [0.15, 0.2) is 42.5 Å². The SMILES string of the molecule is Cc1ccc(C)c(OCc2nc3ccccc3n2CC(=O)N2CCCCC2C)c1. The number of ether oxygens (including phenoxy) is 1. The summed E-state index contributed by atoms with van der Waals surface area (Å²) in [7, 11) is 0. The number of imidazole rings is 1. The minimum Gasteiger partial charge on any atom is -0.485 e. The molecule has 1 aromatic heterocycles. The zero-order valence-corrected chi connectivity index (χ0v) is 17.5. The van der Waals surface area contributed by atoms with Crippen LogP contribution in [0.2, 0.25) is 0 Å². The lowest BCUT2D eigenvalue weighted by molar-refractivity contribution is -0.135. The molecule has 0 N–H and O–H groups in total. The molecule has 0 saturated carbocycles. The van der Waals surface area contributed by atoms with Crippen LogP contribution in [0.4, 0.5) is 0 Å². The molecule has 0 bridgehead atoms. The summed E-state index contributed by atoms with van der Waals surface area (Å²) in [5.74, 6) is 1.80. The van der Waals surface area contributed by atoms with E-state index in [9.17, 15) is 4.79 Å². The Hall–Kier alpha value is -2.82. The number of piperidine rings is 1. The number of hydrogen-bond acceptors (Lipinski definition) is 3. The van der Waals surface area contributed by atoms with Gasteiger partial charge in [-0.25, -0.2) is 4.98 Å². The van der Waals surface area contributed by atoms with Crippen molar-refractivity contribution in [2.45, 2.75) is 59.2 Å². The van der Waals surface area contributed by atoms with Gasteiger partial charge in [-0.1, -0.05) is 24.3 Å². The summed E-state index contributed by atoms with van der Waals surface area (Å²) in [5.41, 5.74) is 4.13. The average molecular weight is 392 g/mol. The Morgan fingerprint density at radius 2 is 2.00 bits per heavy atom. The molecule has 5 nitrogen and oxygen atoms in total. The summed E-state index contributed by atoms with van der Waals surface area (Å²) in [4.78, 5) is 19.9. The van der Waals surface area contributed by atoms with Crippen LogP contribution >= 0.6 is 0 Å². The first-order valence-corrected chi connectivity index (χ1v) is 10.5. The number of benzene rings is 2. The number of fused-ring (bicyclic) bond motifs is 1. The Morgan fingerprint density at radius 3 is 2.83 bits per heavy atom. The van der Waals surface area contributed by atoms with E-state index in [-0.39, 0.29) is 5.91 Å². The molecule has 1 atom stereocenters. The fourth-order valence-corrected chi connectivity index (χ4v) is 4.11. The van der Waals surface area contributed by atoms with Gasteiger partial charge < -0.3 is 14.2 Å². The van der Waals surface area contributed by atoms with Gasteiger partial charge in [-0.05, 0) is 69.4 Å². The van der Waals surface area contributed by atoms with Gasteiger partial charge in [0.2, 0.25) is 5.91 Å². The predicted molar refractivity (Wildman–Crippen MR) is 115 cm³/mol. The first-order valence-electron chi connectivity index (χ1n) is 10.5. The molecule has 4 rings (SSSR count). The predicted octanol–water partition coefficient (Wildman–Crippen LogP) is 4.63. The Labute approximate surface area is 172 Å². The molecule has 0 radical (unpaired) electrons. The summed E-state index contributed by atoms with van der Waals surface area (Å²) in [6.45, 7) is 7.73. The highest BCUT2D eigenvalue weighted by molar-refractivity contribution is 5.81. The van der Waals surface area contributed by atoms with E-state index in [4.69, 9.17) is 9.72 Å². The zero-order valence-electron chi connectivity index (χ0n) is 17.5. The fraction of sp³-hybridized carbons (Fsp3) is 0.417. The quantitative estimate of drug-likeness (QED) is 0.637. The van der Waals surface area contributed by atoms with E-state index in [1.54, 1.807) is 0 Å². The van der Waals surface area contributed by atoms with Crippen molar-refractivity contribution in [3.8, 4) is 5.75 Å². The Kier molecular flexibility index (Phi) is 5.56. The van der Waals surface area contributed by atoms with Gasteiger partial charge in [0.05, 0.1) is 11.0 Å². The maximum atomic E-state index is 13.1. The van der Waals surface area contributed by atoms with Crippen molar-refractivity contribution in [1.82, 2.24) is 14.5 Å². The Morgan fingerprint density at radius 1 is 1.17 bits per heavy atom. The van der Waals surface area contributed by atoms with Crippen molar-refractivity contribution in [3.63, 3.8) is 0 Å². The average Bonchev–Trinajstić information content (AvgIpc) is 3.06. The van der Waals surface area contributed by atoms with Gasteiger partial charge in [0.25, 0.3) is 0 Å². The number of carbonyl (C=O) groups excluding carboxylic acids is 1. The number of aromatic nitrogens is 2. The van der Waals surface area contributed by atoms with E-state index in [1.807, 2.05) is 46.7 Å². The first kappa shape index (κ1) is 19.5. The van der Waals surface area contributed by atoms with Crippen LogP contribution in [-0.4, -0.2) is 32.9 Å². The van der Waals surface area contributed by atoms with Crippen LogP contribution < -0.4 is 4.74 Å². The lowest BCUT2D eigenvalue weighted by atomic mass is 10.0. The molecule has 2 heterocycles. The number of amides is 1. The van der Waals surface area contributed by atoms with E-state index in [0.29, 0.717) is 19.2 Å². The molecule has 0 spiro atoms. The summed E-state index contributed by atoms with van der Waals surface area (Å²) < 4.78 is 8.13. The van der Waals surface area contributed by atoms with Crippen molar-refractivity contribution < 1.29 is 9.53 Å². The molecular formula is C24H29N3O2.